The smallest absolute Gasteiger partial charge is 0.107 e. The predicted molar refractivity (Wildman–Crippen MR) is 92.5 cm³/mol. The van der Waals surface area contributed by atoms with Crippen LogP contribution in [0.4, 0.5) is 0 Å². The number of hydrogen-bond donors (Lipinski definition) is 0. The summed E-state index contributed by atoms with van der Waals surface area (Å²) in [5, 5.41) is 1.43. The van der Waals surface area contributed by atoms with Crippen molar-refractivity contribution in [2.45, 2.75) is 58.2 Å². The standard InChI is InChI=1S/C17H26SSi/c1-12(2)19(13(3)4,14(5)6)17-11-15-9-7-8-10-16(15)18-17/h7-14H,1-6H3. The van der Waals surface area contributed by atoms with Gasteiger partial charge in [-0.2, -0.15) is 0 Å². The van der Waals surface area contributed by atoms with Crippen LogP contribution in [0.5, 0.6) is 0 Å². The van der Waals surface area contributed by atoms with E-state index in [0.29, 0.717) is 0 Å². The number of benzene rings is 1. The molecule has 0 saturated carbocycles. The maximum atomic E-state index is 2.49. The Morgan fingerprint density at radius 1 is 0.842 bits per heavy atom. The van der Waals surface area contributed by atoms with E-state index in [9.17, 15) is 0 Å². The summed E-state index contributed by atoms with van der Waals surface area (Å²) >= 11 is 2.05. The van der Waals surface area contributed by atoms with Crippen LogP contribution in [0.1, 0.15) is 41.5 Å². The maximum Gasteiger partial charge on any atom is 0.107 e. The highest BCUT2D eigenvalue weighted by molar-refractivity contribution is 7.32. The summed E-state index contributed by atoms with van der Waals surface area (Å²) in [6, 6.07) is 11.3. The molecule has 2 aromatic rings. The first-order valence-corrected chi connectivity index (χ1v) is 10.4. The predicted octanol–water partition coefficient (Wildman–Crippen LogP) is 5.79. The van der Waals surface area contributed by atoms with E-state index in [1.807, 2.05) is 0 Å². The molecule has 0 aliphatic carbocycles. The van der Waals surface area contributed by atoms with Crippen molar-refractivity contribution in [2.75, 3.05) is 0 Å². The molecule has 0 saturated heterocycles. The Hall–Kier alpha value is -0.603. The average molecular weight is 291 g/mol. The molecule has 0 amide bonds. The number of rotatable bonds is 4. The molecule has 0 aliphatic rings. The SMILES string of the molecule is CC(C)[Si](c1cc2ccccc2s1)(C(C)C)C(C)C. The molecule has 0 bridgehead atoms. The quantitative estimate of drug-likeness (QED) is 0.625. The largest absolute Gasteiger partial charge is 0.145 e. The Labute approximate surface area is 122 Å². The molecule has 0 nitrogen and oxygen atoms in total. The first-order valence-electron chi connectivity index (χ1n) is 7.39. The van der Waals surface area contributed by atoms with Crippen molar-refractivity contribution >= 4 is 34.0 Å². The van der Waals surface area contributed by atoms with E-state index in [4.69, 9.17) is 0 Å². The van der Waals surface area contributed by atoms with Crippen LogP contribution < -0.4 is 4.50 Å². The summed E-state index contributed by atoms with van der Waals surface area (Å²) in [7, 11) is -1.47. The van der Waals surface area contributed by atoms with Gasteiger partial charge in [0.1, 0.15) is 8.07 Å². The van der Waals surface area contributed by atoms with Crippen molar-refractivity contribution in [1.29, 1.82) is 0 Å². The molecule has 0 radical (unpaired) electrons. The van der Waals surface area contributed by atoms with Crippen LogP contribution >= 0.6 is 11.3 Å². The molecule has 0 N–H and O–H groups in total. The first kappa shape index (κ1) is 14.8. The minimum atomic E-state index is -1.47. The Bertz CT molecular complexity index is 496. The van der Waals surface area contributed by atoms with Gasteiger partial charge in [0.15, 0.2) is 0 Å². The van der Waals surface area contributed by atoms with Gasteiger partial charge in [-0.3, -0.25) is 0 Å². The van der Waals surface area contributed by atoms with E-state index in [0.717, 1.165) is 16.6 Å². The van der Waals surface area contributed by atoms with Crippen molar-refractivity contribution in [3.8, 4) is 0 Å². The molecular formula is C17H26SSi. The summed E-state index contributed by atoms with van der Waals surface area (Å²) < 4.78 is 3.16. The van der Waals surface area contributed by atoms with Crippen LogP contribution in [-0.2, 0) is 0 Å². The lowest BCUT2D eigenvalue weighted by atomic mass is 10.3. The number of fused-ring (bicyclic) bond motifs is 1. The van der Waals surface area contributed by atoms with Crippen molar-refractivity contribution in [1.82, 2.24) is 0 Å². The molecule has 19 heavy (non-hydrogen) atoms. The van der Waals surface area contributed by atoms with Gasteiger partial charge < -0.3 is 0 Å². The zero-order chi connectivity index (χ0) is 14.2. The van der Waals surface area contributed by atoms with Crippen LogP contribution in [0.2, 0.25) is 16.6 Å². The van der Waals surface area contributed by atoms with Crippen molar-refractivity contribution in [2.24, 2.45) is 0 Å². The zero-order valence-corrected chi connectivity index (χ0v) is 14.8. The van der Waals surface area contributed by atoms with Crippen molar-refractivity contribution < 1.29 is 0 Å². The molecular weight excluding hydrogens is 264 g/mol. The second-order valence-corrected chi connectivity index (χ2v) is 13.9. The van der Waals surface area contributed by atoms with Crippen LogP contribution in [0.25, 0.3) is 10.1 Å². The zero-order valence-electron chi connectivity index (χ0n) is 13.0. The Morgan fingerprint density at radius 3 is 1.84 bits per heavy atom. The van der Waals surface area contributed by atoms with Gasteiger partial charge in [-0.15, -0.1) is 11.3 Å². The minimum absolute atomic E-state index is 0.792. The van der Waals surface area contributed by atoms with E-state index < -0.39 is 8.07 Å². The molecule has 104 valence electrons. The van der Waals surface area contributed by atoms with Crippen LogP contribution in [0.3, 0.4) is 0 Å². The fourth-order valence-corrected chi connectivity index (χ4v) is 14.1. The average Bonchev–Trinajstić information content (AvgIpc) is 2.71. The molecule has 0 atom stereocenters. The second-order valence-electron chi connectivity index (χ2n) is 6.55. The molecule has 0 spiro atoms. The molecule has 0 fully saturated rings. The summed E-state index contributed by atoms with van der Waals surface area (Å²) in [6.45, 7) is 14.6. The summed E-state index contributed by atoms with van der Waals surface area (Å²) in [4.78, 5) is 0. The number of thiophene rings is 1. The van der Waals surface area contributed by atoms with E-state index in [1.165, 1.54) is 10.1 Å². The Balaban J connectivity index is 2.66. The van der Waals surface area contributed by atoms with Gasteiger partial charge in [0.25, 0.3) is 0 Å². The minimum Gasteiger partial charge on any atom is -0.145 e. The van der Waals surface area contributed by atoms with Crippen LogP contribution in [0, 0.1) is 0 Å². The van der Waals surface area contributed by atoms with Crippen LogP contribution in [0.15, 0.2) is 30.3 Å². The van der Waals surface area contributed by atoms with Gasteiger partial charge in [0.05, 0.1) is 0 Å². The monoisotopic (exact) mass is 290 g/mol. The molecule has 1 aromatic carbocycles. The summed E-state index contributed by atoms with van der Waals surface area (Å²) in [6.07, 6.45) is 0. The Morgan fingerprint density at radius 2 is 1.37 bits per heavy atom. The third-order valence-corrected chi connectivity index (χ3v) is 13.7. The second kappa shape index (κ2) is 5.41. The fraction of sp³-hybridized carbons (Fsp3) is 0.529. The third kappa shape index (κ3) is 2.29. The molecule has 1 heterocycles. The lowest BCUT2D eigenvalue weighted by molar-refractivity contribution is 0.837. The lowest BCUT2D eigenvalue weighted by Gasteiger charge is -2.42. The van der Waals surface area contributed by atoms with Gasteiger partial charge in [0, 0.05) is 4.70 Å². The molecule has 0 unspecified atom stereocenters. The summed E-state index contributed by atoms with van der Waals surface area (Å²) in [5.74, 6) is 0. The first-order chi connectivity index (χ1) is 8.90. The van der Waals surface area contributed by atoms with Gasteiger partial charge in [-0.25, -0.2) is 0 Å². The highest BCUT2D eigenvalue weighted by atomic mass is 32.1. The summed E-state index contributed by atoms with van der Waals surface area (Å²) in [5.41, 5.74) is 2.38. The fourth-order valence-electron chi connectivity index (χ4n) is 4.05. The molecule has 2 rings (SSSR count). The maximum absolute atomic E-state index is 2.49. The Kier molecular flexibility index (Phi) is 4.22. The molecule has 2 heteroatoms. The molecule has 0 aliphatic heterocycles. The van der Waals surface area contributed by atoms with Crippen molar-refractivity contribution in [3.05, 3.63) is 30.3 Å². The topological polar surface area (TPSA) is 0 Å². The molecule has 1 aromatic heterocycles. The third-order valence-electron chi connectivity index (χ3n) is 4.72. The van der Waals surface area contributed by atoms with E-state index >= 15 is 0 Å². The van der Waals surface area contributed by atoms with Gasteiger partial charge in [0.2, 0.25) is 0 Å². The van der Waals surface area contributed by atoms with E-state index in [2.05, 4.69) is 83.2 Å². The van der Waals surface area contributed by atoms with Gasteiger partial charge in [-0.05, 0) is 38.6 Å². The normalized spacial score (nSPS) is 13.1. The van der Waals surface area contributed by atoms with E-state index in [1.54, 1.807) is 4.50 Å². The highest BCUT2D eigenvalue weighted by Crippen LogP contribution is 2.43. The van der Waals surface area contributed by atoms with Crippen LogP contribution in [-0.4, -0.2) is 8.07 Å². The van der Waals surface area contributed by atoms with Gasteiger partial charge in [-0.1, -0.05) is 59.7 Å². The number of hydrogen-bond acceptors (Lipinski definition) is 1. The van der Waals surface area contributed by atoms with Crippen molar-refractivity contribution in [3.63, 3.8) is 0 Å². The highest BCUT2D eigenvalue weighted by Gasteiger charge is 2.45. The van der Waals surface area contributed by atoms with E-state index in [-0.39, 0.29) is 0 Å². The van der Waals surface area contributed by atoms with Gasteiger partial charge >= 0.3 is 0 Å². The lowest BCUT2D eigenvalue weighted by Crippen LogP contribution is -2.54.